The van der Waals surface area contributed by atoms with E-state index in [4.69, 9.17) is 18.9 Å². The van der Waals surface area contributed by atoms with Gasteiger partial charge in [-0.05, 0) is 37.5 Å². The van der Waals surface area contributed by atoms with Crippen molar-refractivity contribution in [2.75, 3.05) is 27.4 Å². The third-order valence-electron chi connectivity index (χ3n) is 3.84. The molecule has 12 nitrogen and oxygen atoms in total. The topological polar surface area (TPSA) is 156 Å². The number of carbonyl (C=O) groups excluding carboxylic acids is 3. The molecule has 0 spiro atoms. The minimum absolute atomic E-state index is 0.0294. The molecule has 0 radical (unpaired) electrons. The van der Waals surface area contributed by atoms with E-state index in [1.165, 1.54) is 18.2 Å². The van der Waals surface area contributed by atoms with Gasteiger partial charge in [-0.15, -0.1) is 0 Å². The molecular weight excluding hydrogens is 430 g/mol. The van der Waals surface area contributed by atoms with Crippen molar-refractivity contribution in [3.63, 3.8) is 0 Å². The SMILES string of the molecule is CCCOC(=O)OC(C)CN[C@@H](Cc1ccc(OC(=O)OC)c(OC(=O)OC)c1)C(=O)O. The van der Waals surface area contributed by atoms with E-state index in [0.29, 0.717) is 12.0 Å². The van der Waals surface area contributed by atoms with Gasteiger partial charge in [-0.3, -0.25) is 4.79 Å². The van der Waals surface area contributed by atoms with Crippen LogP contribution in [0.4, 0.5) is 14.4 Å². The Kier molecular flexibility index (Phi) is 11.3. The van der Waals surface area contributed by atoms with Crippen LogP contribution in [-0.4, -0.2) is 69.1 Å². The van der Waals surface area contributed by atoms with Crippen LogP contribution in [-0.2, 0) is 30.2 Å². The smallest absolute Gasteiger partial charge is 0.480 e. The zero-order valence-electron chi connectivity index (χ0n) is 18.2. The van der Waals surface area contributed by atoms with Crippen LogP contribution in [0.2, 0.25) is 0 Å². The summed E-state index contributed by atoms with van der Waals surface area (Å²) in [5, 5.41) is 12.3. The summed E-state index contributed by atoms with van der Waals surface area (Å²) in [6, 6.07) is 3.07. The Morgan fingerprint density at radius 3 is 2.19 bits per heavy atom. The van der Waals surface area contributed by atoms with Gasteiger partial charge in [-0.25, -0.2) is 14.4 Å². The maximum Gasteiger partial charge on any atom is 0.513 e. The van der Waals surface area contributed by atoms with Gasteiger partial charge in [-0.1, -0.05) is 13.0 Å². The standard InChI is InChI=1S/C20H27NO11/c1-5-8-29-20(26)30-12(2)11-21-14(17(22)23)9-13-6-7-15(31-18(24)27-3)16(10-13)32-19(25)28-4/h6-7,10,12,14,21H,5,8-9,11H2,1-4H3,(H,22,23)/t12?,14-/m0/s1. The van der Waals surface area contributed by atoms with Crippen LogP contribution < -0.4 is 14.8 Å². The van der Waals surface area contributed by atoms with E-state index in [0.717, 1.165) is 14.2 Å². The fourth-order valence-electron chi connectivity index (χ4n) is 2.32. The first kappa shape index (κ1) is 26.5. The van der Waals surface area contributed by atoms with Crippen molar-refractivity contribution in [1.29, 1.82) is 0 Å². The van der Waals surface area contributed by atoms with Crippen molar-refractivity contribution < 1.29 is 52.7 Å². The molecule has 0 saturated heterocycles. The lowest BCUT2D eigenvalue weighted by molar-refractivity contribution is -0.139. The molecule has 1 aromatic rings. The van der Waals surface area contributed by atoms with E-state index in [1.807, 2.05) is 6.92 Å². The summed E-state index contributed by atoms with van der Waals surface area (Å²) in [6.45, 7) is 3.70. The Balaban J connectivity index is 2.86. The van der Waals surface area contributed by atoms with Gasteiger partial charge in [0.05, 0.1) is 20.8 Å². The highest BCUT2D eigenvalue weighted by Crippen LogP contribution is 2.30. The van der Waals surface area contributed by atoms with Gasteiger partial charge in [0.1, 0.15) is 12.1 Å². The highest BCUT2D eigenvalue weighted by Gasteiger charge is 2.22. The van der Waals surface area contributed by atoms with Gasteiger partial charge in [0.2, 0.25) is 0 Å². The summed E-state index contributed by atoms with van der Waals surface area (Å²) in [5.41, 5.74) is 0.442. The highest BCUT2D eigenvalue weighted by molar-refractivity contribution is 5.74. The van der Waals surface area contributed by atoms with Gasteiger partial charge in [0, 0.05) is 6.54 Å². The van der Waals surface area contributed by atoms with E-state index < -0.39 is 36.6 Å². The molecule has 0 aromatic heterocycles. The molecule has 0 aliphatic rings. The Morgan fingerprint density at radius 2 is 1.62 bits per heavy atom. The molecule has 2 atom stereocenters. The molecule has 32 heavy (non-hydrogen) atoms. The molecule has 178 valence electrons. The number of carboxylic acid groups (broad SMARTS) is 1. The van der Waals surface area contributed by atoms with Gasteiger partial charge in [-0.2, -0.15) is 0 Å². The molecule has 2 N–H and O–H groups in total. The van der Waals surface area contributed by atoms with Crippen LogP contribution in [0.1, 0.15) is 25.8 Å². The number of hydrogen-bond acceptors (Lipinski definition) is 11. The van der Waals surface area contributed by atoms with Crippen molar-refractivity contribution in [2.45, 2.75) is 38.8 Å². The predicted octanol–water partition coefficient (Wildman–Crippen LogP) is 2.51. The van der Waals surface area contributed by atoms with E-state index in [-0.39, 0.29) is 31.1 Å². The average molecular weight is 457 g/mol. The van der Waals surface area contributed by atoms with E-state index in [2.05, 4.69) is 14.8 Å². The van der Waals surface area contributed by atoms with Crippen molar-refractivity contribution in [3.05, 3.63) is 23.8 Å². The molecule has 0 fully saturated rings. The minimum Gasteiger partial charge on any atom is -0.480 e. The van der Waals surface area contributed by atoms with Crippen LogP contribution in [0.5, 0.6) is 11.5 Å². The predicted molar refractivity (Wildman–Crippen MR) is 108 cm³/mol. The molecule has 0 aliphatic heterocycles. The molecule has 0 aliphatic carbocycles. The van der Waals surface area contributed by atoms with Crippen LogP contribution in [0, 0.1) is 0 Å². The third kappa shape index (κ3) is 9.51. The fourth-order valence-corrected chi connectivity index (χ4v) is 2.32. The largest absolute Gasteiger partial charge is 0.513 e. The summed E-state index contributed by atoms with van der Waals surface area (Å²) in [7, 11) is 2.20. The lowest BCUT2D eigenvalue weighted by atomic mass is 10.0. The third-order valence-corrected chi connectivity index (χ3v) is 3.84. The second-order valence-electron chi connectivity index (χ2n) is 6.42. The van der Waals surface area contributed by atoms with Gasteiger partial charge < -0.3 is 38.8 Å². The Morgan fingerprint density at radius 1 is 1.00 bits per heavy atom. The maximum atomic E-state index is 11.7. The summed E-state index contributed by atoms with van der Waals surface area (Å²) in [4.78, 5) is 46.0. The summed E-state index contributed by atoms with van der Waals surface area (Å²) in [5.74, 6) is -1.45. The molecule has 0 saturated carbocycles. The number of carbonyl (C=O) groups is 4. The van der Waals surface area contributed by atoms with E-state index in [9.17, 15) is 24.3 Å². The van der Waals surface area contributed by atoms with Gasteiger partial charge in [0.25, 0.3) is 0 Å². The number of aliphatic carboxylic acids is 1. The molecule has 0 heterocycles. The summed E-state index contributed by atoms with van der Waals surface area (Å²) >= 11 is 0. The normalized spacial score (nSPS) is 12.1. The number of rotatable bonds is 11. The van der Waals surface area contributed by atoms with Gasteiger partial charge >= 0.3 is 24.4 Å². The van der Waals surface area contributed by atoms with Crippen molar-refractivity contribution >= 4 is 24.4 Å². The average Bonchev–Trinajstić information content (AvgIpc) is 2.76. The molecule has 1 aromatic carbocycles. The number of ether oxygens (including phenoxy) is 6. The second kappa shape index (κ2) is 13.7. The molecular formula is C20H27NO11. The maximum absolute atomic E-state index is 11.7. The van der Waals surface area contributed by atoms with Gasteiger partial charge in [0.15, 0.2) is 11.5 Å². The summed E-state index contributed by atoms with van der Waals surface area (Å²) < 4.78 is 28.5. The minimum atomic E-state index is -1.16. The first-order valence-corrected chi connectivity index (χ1v) is 9.64. The number of methoxy groups -OCH3 is 2. The lowest BCUT2D eigenvalue weighted by Crippen LogP contribution is -2.42. The van der Waals surface area contributed by atoms with Crippen molar-refractivity contribution in [2.24, 2.45) is 0 Å². The first-order valence-electron chi connectivity index (χ1n) is 9.64. The quantitative estimate of drug-likeness (QED) is 0.285. The van der Waals surface area contributed by atoms with Crippen LogP contribution in [0.25, 0.3) is 0 Å². The van der Waals surface area contributed by atoms with Crippen molar-refractivity contribution in [3.8, 4) is 11.5 Å². The van der Waals surface area contributed by atoms with Crippen LogP contribution in [0.15, 0.2) is 18.2 Å². The molecule has 0 bridgehead atoms. The zero-order valence-corrected chi connectivity index (χ0v) is 18.2. The molecule has 1 unspecified atom stereocenters. The molecule has 1 rings (SSSR count). The number of nitrogens with one attached hydrogen (secondary N) is 1. The monoisotopic (exact) mass is 457 g/mol. The van der Waals surface area contributed by atoms with E-state index in [1.54, 1.807) is 6.92 Å². The highest BCUT2D eigenvalue weighted by atomic mass is 16.7. The fraction of sp³-hybridized carbons (Fsp3) is 0.500. The molecule has 12 heteroatoms. The van der Waals surface area contributed by atoms with Crippen molar-refractivity contribution in [1.82, 2.24) is 5.32 Å². The number of benzene rings is 1. The molecule has 0 amide bonds. The van der Waals surface area contributed by atoms with E-state index >= 15 is 0 Å². The number of hydrogen-bond donors (Lipinski definition) is 2. The Labute approximate surface area is 184 Å². The first-order chi connectivity index (χ1) is 15.2. The second-order valence-corrected chi connectivity index (χ2v) is 6.42. The Hall–Kier alpha value is -3.54. The van der Waals surface area contributed by atoms with Crippen LogP contribution >= 0.6 is 0 Å². The zero-order chi connectivity index (χ0) is 24.1. The van der Waals surface area contributed by atoms with Crippen LogP contribution in [0.3, 0.4) is 0 Å². The number of carboxylic acids is 1. The Bertz CT molecular complexity index is 796. The summed E-state index contributed by atoms with van der Waals surface area (Å²) in [6.07, 6.45) is -2.96. The lowest BCUT2D eigenvalue weighted by Gasteiger charge is -2.19.